The number of likely N-dealkylation sites (tertiary alicyclic amines) is 1. The summed E-state index contributed by atoms with van der Waals surface area (Å²) in [5.74, 6) is -3.28. The summed E-state index contributed by atoms with van der Waals surface area (Å²) in [7, 11) is 4.86. The van der Waals surface area contributed by atoms with Gasteiger partial charge in [-0.05, 0) is 129 Å². The maximum absolute atomic E-state index is 14.9. The zero-order chi connectivity index (χ0) is 58.9. The van der Waals surface area contributed by atoms with Gasteiger partial charge in [-0.15, -0.1) is 0 Å². The summed E-state index contributed by atoms with van der Waals surface area (Å²) in [6.45, 7) is 14.7. The molecule has 2 aliphatic heterocycles. The molecule has 19 nitrogen and oxygen atoms in total. The smallest absolute Gasteiger partial charge is 0.255 e. The Balaban J connectivity index is 1.07. The molecule has 434 valence electrons. The van der Waals surface area contributed by atoms with Crippen molar-refractivity contribution in [2.75, 3.05) is 39.7 Å². The SMILES string of the molecule is CN[C@@H](C)C(=O)N[C@H](C(=O)N1Cc2cc(NC(=O)c3ccc(C(=O)N[C@H]4C[C@@H](C(=O)NC5CCCc6ccccc65)N(C(=O)[C@@H](NC(=O)[C@H](C)NC)C(C)(C)C)C4)cc3)ccc2C[C@H]1C(=O)NC(COC)c1ccccc1)C(C)(C)C. The Hall–Kier alpha value is -7.48. The summed E-state index contributed by atoms with van der Waals surface area (Å²) >= 11 is 0. The van der Waals surface area contributed by atoms with Gasteiger partial charge in [0.25, 0.3) is 11.8 Å². The van der Waals surface area contributed by atoms with Crippen molar-refractivity contribution >= 4 is 52.9 Å². The number of ether oxygens (including phenoxy) is 1. The fourth-order valence-corrected chi connectivity index (χ4v) is 10.7. The lowest BCUT2D eigenvalue weighted by Crippen LogP contribution is -2.62. The molecule has 2 heterocycles. The molecule has 1 aliphatic carbocycles. The lowest BCUT2D eigenvalue weighted by Gasteiger charge is -2.41. The first kappa shape index (κ1) is 61.1. The average Bonchev–Trinajstić information content (AvgIpc) is 3.88. The third-order valence-electron chi connectivity index (χ3n) is 15.8. The van der Waals surface area contributed by atoms with E-state index >= 15 is 0 Å². The van der Waals surface area contributed by atoms with E-state index in [0.717, 1.165) is 36.0 Å². The fourth-order valence-electron chi connectivity index (χ4n) is 10.7. The molecule has 0 bridgehead atoms. The Kier molecular flexibility index (Phi) is 19.9. The Labute approximate surface area is 476 Å². The molecule has 2 unspecified atom stereocenters. The molecule has 19 heteroatoms. The molecule has 1 fully saturated rings. The van der Waals surface area contributed by atoms with Crippen molar-refractivity contribution in [3.8, 4) is 0 Å². The third-order valence-corrected chi connectivity index (χ3v) is 15.8. The first-order valence-corrected chi connectivity index (χ1v) is 28.0. The number of likely N-dealkylation sites (N-methyl/N-ethyl adjacent to an activating group) is 2. The quantitative estimate of drug-likeness (QED) is 0.0630. The van der Waals surface area contributed by atoms with Crippen LogP contribution in [0.25, 0.3) is 0 Å². The van der Waals surface area contributed by atoms with E-state index in [1.165, 1.54) is 39.6 Å². The summed E-state index contributed by atoms with van der Waals surface area (Å²) in [6, 6.07) is 22.4. The highest BCUT2D eigenvalue weighted by Crippen LogP contribution is 2.34. The van der Waals surface area contributed by atoms with E-state index in [2.05, 4.69) is 48.6 Å². The van der Waals surface area contributed by atoms with Gasteiger partial charge in [0, 0.05) is 49.5 Å². The summed E-state index contributed by atoms with van der Waals surface area (Å²) in [5.41, 5.74) is 3.99. The molecular formula is C62H82N10O9. The molecule has 8 amide bonds. The first-order valence-electron chi connectivity index (χ1n) is 28.0. The number of carbonyl (C=O) groups excluding carboxylic acids is 8. The molecule has 4 aromatic rings. The van der Waals surface area contributed by atoms with Crippen LogP contribution in [0.3, 0.4) is 0 Å². The van der Waals surface area contributed by atoms with E-state index in [4.69, 9.17) is 4.74 Å². The zero-order valence-corrected chi connectivity index (χ0v) is 48.7. The first-order chi connectivity index (χ1) is 38.4. The fraction of sp³-hybridized carbons (Fsp3) is 0.484. The lowest BCUT2D eigenvalue weighted by atomic mass is 9.84. The van der Waals surface area contributed by atoms with Crippen LogP contribution in [0.15, 0.2) is 97.1 Å². The second-order valence-electron chi connectivity index (χ2n) is 23.8. The zero-order valence-electron chi connectivity index (χ0n) is 48.7. The Morgan fingerprint density at radius 1 is 0.630 bits per heavy atom. The van der Waals surface area contributed by atoms with Gasteiger partial charge in [-0.2, -0.15) is 0 Å². The molecule has 8 N–H and O–H groups in total. The van der Waals surface area contributed by atoms with Gasteiger partial charge < -0.3 is 57.1 Å². The predicted molar refractivity (Wildman–Crippen MR) is 310 cm³/mol. The van der Waals surface area contributed by atoms with E-state index in [1.807, 2.05) is 96.1 Å². The van der Waals surface area contributed by atoms with Crippen LogP contribution in [0.1, 0.15) is 135 Å². The van der Waals surface area contributed by atoms with Gasteiger partial charge >= 0.3 is 0 Å². The number of methoxy groups -OCH3 is 1. The van der Waals surface area contributed by atoms with Gasteiger partial charge in [-0.25, -0.2) is 0 Å². The van der Waals surface area contributed by atoms with E-state index in [-0.39, 0.29) is 67.4 Å². The van der Waals surface area contributed by atoms with Crippen LogP contribution in [0.4, 0.5) is 5.69 Å². The van der Waals surface area contributed by atoms with Crippen LogP contribution in [-0.4, -0.2) is 134 Å². The van der Waals surface area contributed by atoms with Gasteiger partial charge in [0.05, 0.1) is 30.8 Å². The number of benzene rings is 4. The number of hydrogen-bond acceptors (Lipinski definition) is 11. The molecular weight excluding hydrogens is 1030 g/mol. The molecule has 1 saturated heterocycles. The van der Waals surface area contributed by atoms with Gasteiger partial charge in [-0.3, -0.25) is 38.4 Å². The van der Waals surface area contributed by atoms with E-state index in [1.54, 1.807) is 47.2 Å². The number of rotatable bonds is 19. The molecule has 0 saturated carbocycles. The molecule has 7 rings (SSSR count). The Bertz CT molecular complexity index is 2940. The van der Waals surface area contributed by atoms with Crippen LogP contribution in [0, 0.1) is 10.8 Å². The van der Waals surface area contributed by atoms with Crippen molar-refractivity contribution in [3.05, 3.63) is 136 Å². The molecule has 0 radical (unpaired) electrons. The number of anilines is 1. The highest BCUT2D eigenvalue weighted by Gasteiger charge is 2.47. The van der Waals surface area contributed by atoms with Crippen LogP contribution < -0.4 is 42.5 Å². The highest BCUT2D eigenvalue weighted by molar-refractivity contribution is 6.05. The van der Waals surface area contributed by atoms with Crippen LogP contribution in [0.2, 0.25) is 0 Å². The van der Waals surface area contributed by atoms with Crippen molar-refractivity contribution in [2.45, 2.75) is 148 Å². The molecule has 9 atom stereocenters. The van der Waals surface area contributed by atoms with E-state index in [0.29, 0.717) is 11.3 Å². The standard InChI is InChI=1S/C62H82N10O9/c1-36(63-9)53(73)69-51(61(3,4)5)59(79)71-33-43-30-44(29-28-42(43)31-49(71)57(77)68-48(35-81-11)39-19-13-12-14-20-39)65-55(75)40-24-26-41(27-25-40)56(76)66-45-32-50(58(78)67-47-23-17-21-38-18-15-16-22-46(38)47)72(34-45)60(80)52(62(6,7)8)70-54(74)37(2)64-10/h12-16,18-20,22,24-30,36-37,45,47-52,63-64H,17,21,23,31-35H2,1-11H3,(H,65,75)(H,66,76)(H,67,78)(H,68,77)(H,69,73)(H,70,74)/t36-,37-,45-,47?,48?,49-,50-,51+,52+/m0/s1. The maximum Gasteiger partial charge on any atom is 0.255 e. The van der Waals surface area contributed by atoms with E-state index in [9.17, 15) is 38.4 Å². The van der Waals surface area contributed by atoms with Crippen LogP contribution >= 0.6 is 0 Å². The van der Waals surface area contributed by atoms with Crippen molar-refractivity contribution in [2.24, 2.45) is 10.8 Å². The molecule has 81 heavy (non-hydrogen) atoms. The number of nitrogens with one attached hydrogen (secondary N) is 8. The maximum atomic E-state index is 14.9. The number of hydrogen-bond donors (Lipinski definition) is 8. The number of aryl methyl sites for hydroxylation is 1. The summed E-state index contributed by atoms with van der Waals surface area (Å²) in [5, 5.41) is 24.0. The molecule has 0 aromatic heterocycles. The topological polar surface area (TPSA) is 249 Å². The number of amides is 8. The normalized spacial score (nSPS) is 19.7. The Morgan fingerprint density at radius 3 is 1.80 bits per heavy atom. The van der Waals surface area contributed by atoms with Crippen LogP contribution in [0.5, 0.6) is 0 Å². The summed E-state index contributed by atoms with van der Waals surface area (Å²) < 4.78 is 5.49. The third kappa shape index (κ3) is 14.9. The molecule has 3 aliphatic rings. The van der Waals surface area contributed by atoms with Gasteiger partial charge in [0.2, 0.25) is 35.4 Å². The molecule has 4 aromatic carbocycles. The number of nitrogens with zero attached hydrogens (tertiary/aromatic N) is 2. The van der Waals surface area contributed by atoms with Gasteiger partial charge in [0.15, 0.2) is 0 Å². The highest BCUT2D eigenvalue weighted by atomic mass is 16.5. The monoisotopic (exact) mass is 1110 g/mol. The minimum atomic E-state index is -1.00. The largest absolute Gasteiger partial charge is 0.382 e. The van der Waals surface area contributed by atoms with Crippen molar-refractivity contribution < 1.29 is 43.1 Å². The number of carbonyl (C=O) groups is 8. The average molecular weight is 1110 g/mol. The van der Waals surface area contributed by atoms with Gasteiger partial charge in [0.1, 0.15) is 24.2 Å². The molecule has 0 spiro atoms. The van der Waals surface area contributed by atoms with Crippen molar-refractivity contribution in [1.29, 1.82) is 0 Å². The minimum absolute atomic E-state index is 0.00114. The number of fused-ring (bicyclic) bond motifs is 2. The summed E-state index contributed by atoms with van der Waals surface area (Å²) in [6.07, 6.45) is 2.82. The Morgan fingerprint density at radius 2 is 1.21 bits per heavy atom. The van der Waals surface area contributed by atoms with Crippen LogP contribution in [-0.2, 0) is 52.9 Å². The van der Waals surface area contributed by atoms with E-state index < -0.39 is 88.7 Å². The van der Waals surface area contributed by atoms with Crippen molar-refractivity contribution in [3.63, 3.8) is 0 Å². The van der Waals surface area contributed by atoms with Crippen molar-refractivity contribution in [1.82, 2.24) is 47.0 Å². The predicted octanol–water partition coefficient (Wildman–Crippen LogP) is 4.87. The minimum Gasteiger partial charge on any atom is -0.382 e. The van der Waals surface area contributed by atoms with Gasteiger partial charge in [-0.1, -0.05) is 102 Å². The second-order valence-corrected chi connectivity index (χ2v) is 23.8. The summed E-state index contributed by atoms with van der Waals surface area (Å²) in [4.78, 5) is 116. The second kappa shape index (κ2) is 26.4. The lowest BCUT2D eigenvalue weighted by molar-refractivity contribution is -0.147.